The highest BCUT2D eigenvalue weighted by Crippen LogP contribution is 2.21. The maximum atomic E-state index is 11.1. The summed E-state index contributed by atoms with van der Waals surface area (Å²) in [4.78, 5) is 26.4. The predicted molar refractivity (Wildman–Crippen MR) is 90.1 cm³/mol. The van der Waals surface area contributed by atoms with Gasteiger partial charge >= 0.3 is 0 Å². The van der Waals surface area contributed by atoms with E-state index in [1.165, 1.54) is 49.8 Å². The number of anilines is 3. The molecule has 0 aliphatic carbocycles. The van der Waals surface area contributed by atoms with Crippen molar-refractivity contribution in [3.63, 3.8) is 0 Å². The lowest BCUT2D eigenvalue weighted by atomic mass is 10.4. The van der Waals surface area contributed by atoms with E-state index in [0.29, 0.717) is 15.8 Å². The second-order valence-corrected chi connectivity index (χ2v) is 6.31. The molecule has 1 amide bonds. The largest absolute Gasteiger partial charge is 0.369 e. The zero-order valence-corrected chi connectivity index (χ0v) is 13.5. The zero-order valence-electron chi connectivity index (χ0n) is 12.7. The summed E-state index contributed by atoms with van der Waals surface area (Å²) in [7, 11) is 0. The number of nitrogens with one attached hydrogen (secondary N) is 2. The zero-order chi connectivity index (χ0) is 16.1. The predicted octanol–water partition coefficient (Wildman–Crippen LogP) is 1.28. The molecule has 2 aromatic rings. The smallest absolute Gasteiger partial charge is 0.260 e. The second kappa shape index (κ2) is 7.34. The minimum absolute atomic E-state index is 0.408. The Bertz CT molecular complexity index is 669. The summed E-state index contributed by atoms with van der Waals surface area (Å²) in [6.07, 6.45) is 5.53. The Morgan fingerprint density at radius 3 is 2.78 bits per heavy atom. The van der Waals surface area contributed by atoms with E-state index in [2.05, 4.69) is 30.5 Å². The van der Waals surface area contributed by atoms with Crippen LogP contribution in [0.1, 0.15) is 22.5 Å². The van der Waals surface area contributed by atoms with Gasteiger partial charge < -0.3 is 21.3 Å². The van der Waals surface area contributed by atoms with Crippen LogP contribution in [0.15, 0.2) is 18.6 Å². The number of carbonyl (C=O) groups excluding carboxylic acids is 1. The number of likely N-dealkylation sites (tertiary alicyclic amines) is 1. The van der Waals surface area contributed by atoms with E-state index in [1.54, 1.807) is 0 Å². The highest BCUT2D eigenvalue weighted by atomic mass is 32.1. The first kappa shape index (κ1) is 15.6. The number of rotatable bonds is 7. The van der Waals surface area contributed by atoms with Gasteiger partial charge in [-0.05, 0) is 25.9 Å². The van der Waals surface area contributed by atoms with Crippen molar-refractivity contribution in [1.29, 1.82) is 0 Å². The second-order valence-electron chi connectivity index (χ2n) is 5.28. The average Bonchev–Trinajstić information content (AvgIpc) is 3.19. The van der Waals surface area contributed by atoms with Crippen molar-refractivity contribution in [3.8, 4) is 0 Å². The maximum Gasteiger partial charge on any atom is 0.260 e. The lowest BCUT2D eigenvalue weighted by Gasteiger charge is -2.15. The molecule has 0 unspecified atom stereocenters. The quantitative estimate of drug-likeness (QED) is 0.700. The highest BCUT2D eigenvalue weighted by Gasteiger charge is 2.11. The van der Waals surface area contributed by atoms with Gasteiger partial charge in [0.05, 0.1) is 6.20 Å². The fraction of sp³-hybridized carbons (Fsp3) is 0.429. The van der Waals surface area contributed by atoms with Crippen LogP contribution in [0.4, 0.5) is 16.8 Å². The SMILES string of the molecule is NC(=O)c1cnc(Nc2cc(NCCN3CCCC3)ncn2)s1. The molecule has 3 rings (SSSR count). The maximum absolute atomic E-state index is 11.1. The summed E-state index contributed by atoms with van der Waals surface area (Å²) >= 11 is 1.19. The molecule has 3 heterocycles. The van der Waals surface area contributed by atoms with Crippen LogP contribution in [0.25, 0.3) is 0 Å². The first-order valence-corrected chi connectivity index (χ1v) is 8.33. The van der Waals surface area contributed by atoms with E-state index < -0.39 is 5.91 Å². The number of aromatic nitrogens is 3. The van der Waals surface area contributed by atoms with Crippen molar-refractivity contribution in [2.75, 3.05) is 36.8 Å². The number of primary amides is 1. The van der Waals surface area contributed by atoms with E-state index in [0.717, 1.165) is 18.9 Å². The number of hydrogen-bond acceptors (Lipinski definition) is 8. The van der Waals surface area contributed by atoms with Gasteiger partial charge in [0.15, 0.2) is 5.13 Å². The standard InChI is InChI=1S/C14H19N7OS/c15-13(22)10-8-17-14(23-10)20-12-7-11(18-9-19-12)16-3-6-21-4-1-2-5-21/h7-9H,1-6H2,(H2,15,22)(H2,16,17,18,19,20). The Kier molecular flexibility index (Phi) is 4.99. The van der Waals surface area contributed by atoms with Gasteiger partial charge in [0, 0.05) is 19.2 Å². The summed E-state index contributed by atoms with van der Waals surface area (Å²) < 4.78 is 0. The lowest BCUT2D eigenvalue weighted by Crippen LogP contribution is -2.26. The van der Waals surface area contributed by atoms with Crippen molar-refractivity contribution in [2.24, 2.45) is 5.73 Å². The molecule has 122 valence electrons. The third kappa shape index (κ3) is 4.36. The molecule has 23 heavy (non-hydrogen) atoms. The molecule has 0 saturated carbocycles. The molecule has 2 aromatic heterocycles. The van der Waals surface area contributed by atoms with Gasteiger partial charge in [0.25, 0.3) is 5.91 Å². The Morgan fingerprint density at radius 2 is 2.04 bits per heavy atom. The van der Waals surface area contributed by atoms with Crippen molar-refractivity contribution < 1.29 is 4.79 Å². The molecule has 1 aliphatic heterocycles. The third-order valence-corrected chi connectivity index (χ3v) is 4.51. The van der Waals surface area contributed by atoms with Crippen LogP contribution < -0.4 is 16.4 Å². The molecule has 8 nitrogen and oxygen atoms in total. The van der Waals surface area contributed by atoms with Gasteiger partial charge in [-0.2, -0.15) is 0 Å². The Hall–Kier alpha value is -2.26. The number of amides is 1. The Balaban J connectivity index is 1.54. The first-order valence-electron chi connectivity index (χ1n) is 7.51. The van der Waals surface area contributed by atoms with Crippen molar-refractivity contribution in [1.82, 2.24) is 19.9 Å². The average molecular weight is 333 g/mol. The Labute approximate surface area is 138 Å². The van der Waals surface area contributed by atoms with E-state index in [9.17, 15) is 4.79 Å². The molecule has 0 bridgehead atoms. The molecule has 0 atom stereocenters. The van der Waals surface area contributed by atoms with E-state index >= 15 is 0 Å². The van der Waals surface area contributed by atoms with E-state index in [4.69, 9.17) is 5.73 Å². The molecule has 0 aromatic carbocycles. The van der Waals surface area contributed by atoms with Gasteiger partial charge in [0.2, 0.25) is 0 Å². The van der Waals surface area contributed by atoms with Gasteiger partial charge in [0.1, 0.15) is 22.8 Å². The van der Waals surface area contributed by atoms with Gasteiger partial charge in [-0.25, -0.2) is 15.0 Å². The van der Waals surface area contributed by atoms with Crippen LogP contribution in [-0.4, -0.2) is 51.9 Å². The van der Waals surface area contributed by atoms with Crippen LogP contribution in [0.2, 0.25) is 0 Å². The van der Waals surface area contributed by atoms with Crippen LogP contribution in [0.5, 0.6) is 0 Å². The first-order chi connectivity index (χ1) is 11.2. The van der Waals surface area contributed by atoms with Crippen molar-refractivity contribution >= 4 is 34.0 Å². The van der Waals surface area contributed by atoms with Gasteiger partial charge in [-0.1, -0.05) is 11.3 Å². The molecular weight excluding hydrogens is 314 g/mol. The summed E-state index contributed by atoms with van der Waals surface area (Å²) in [5.41, 5.74) is 5.22. The molecule has 9 heteroatoms. The van der Waals surface area contributed by atoms with Gasteiger partial charge in [-0.3, -0.25) is 4.79 Å². The monoisotopic (exact) mass is 333 g/mol. The fourth-order valence-corrected chi connectivity index (χ4v) is 3.10. The number of carbonyl (C=O) groups is 1. The van der Waals surface area contributed by atoms with Crippen molar-refractivity contribution in [3.05, 3.63) is 23.5 Å². The topological polar surface area (TPSA) is 109 Å². The number of thiazole rings is 1. The minimum atomic E-state index is -0.484. The van der Waals surface area contributed by atoms with Crippen LogP contribution in [-0.2, 0) is 0 Å². The molecule has 0 spiro atoms. The normalized spacial score (nSPS) is 14.8. The molecule has 0 radical (unpaired) electrons. The molecule has 1 aliphatic rings. The minimum Gasteiger partial charge on any atom is -0.369 e. The number of hydrogen-bond donors (Lipinski definition) is 3. The molecule has 1 saturated heterocycles. The van der Waals surface area contributed by atoms with Crippen LogP contribution in [0.3, 0.4) is 0 Å². The number of nitrogens with two attached hydrogens (primary N) is 1. The van der Waals surface area contributed by atoms with Crippen LogP contribution in [0, 0.1) is 0 Å². The molecule has 4 N–H and O–H groups in total. The fourth-order valence-electron chi connectivity index (χ4n) is 2.43. The summed E-state index contributed by atoms with van der Waals surface area (Å²) in [6.45, 7) is 4.23. The summed E-state index contributed by atoms with van der Waals surface area (Å²) in [5.74, 6) is 0.893. The molecular formula is C14H19N7OS. The molecule has 1 fully saturated rings. The summed E-state index contributed by atoms with van der Waals surface area (Å²) in [6, 6.07) is 1.81. The van der Waals surface area contributed by atoms with Crippen molar-refractivity contribution in [2.45, 2.75) is 12.8 Å². The third-order valence-electron chi connectivity index (χ3n) is 3.58. The van der Waals surface area contributed by atoms with Gasteiger partial charge in [-0.15, -0.1) is 0 Å². The highest BCUT2D eigenvalue weighted by molar-refractivity contribution is 7.17. The number of nitrogens with zero attached hydrogens (tertiary/aromatic N) is 4. The van der Waals surface area contributed by atoms with Crippen LogP contribution >= 0.6 is 11.3 Å². The Morgan fingerprint density at radius 1 is 1.26 bits per heavy atom. The lowest BCUT2D eigenvalue weighted by molar-refractivity contribution is 0.100. The summed E-state index contributed by atoms with van der Waals surface area (Å²) in [5, 5.41) is 6.92. The van der Waals surface area contributed by atoms with E-state index in [1.807, 2.05) is 6.07 Å². The van der Waals surface area contributed by atoms with E-state index in [-0.39, 0.29) is 0 Å².